The molecule has 1 N–H and O–H groups in total. The van der Waals surface area contributed by atoms with Crippen molar-refractivity contribution in [3.05, 3.63) is 28.2 Å². The zero-order chi connectivity index (χ0) is 9.42. The summed E-state index contributed by atoms with van der Waals surface area (Å²) in [6, 6.07) is 3.27. The lowest BCUT2D eigenvalue weighted by molar-refractivity contribution is 0.0702. The molecule has 2 aromatic heterocycles. The maximum Gasteiger partial charge on any atom is 0.345 e. The summed E-state index contributed by atoms with van der Waals surface area (Å²) in [6.07, 6.45) is 1.51. The first-order chi connectivity index (χ1) is 6.16. The predicted octanol–water partition coefficient (Wildman–Crippen LogP) is 2.65. The van der Waals surface area contributed by atoms with Crippen LogP contribution in [0, 0.1) is 0 Å². The van der Waals surface area contributed by atoms with Crippen LogP contribution in [0.3, 0.4) is 0 Å². The van der Waals surface area contributed by atoms with Gasteiger partial charge in [-0.3, -0.25) is 0 Å². The van der Waals surface area contributed by atoms with Crippen LogP contribution in [0.5, 0.6) is 0 Å². The van der Waals surface area contributed by atoms with Gasteiger partial charge in [-0.25, -0.2) is 9.78 Å². The van der Waals surface area contributed by atoms with E-state index in [-0.39, 0.29) is 4.88 Å². The molecule has 0 fully saturated rings. The summed E-state index contributed by atoms with van der Waals surface area (Å²) in [4.78, 5) is 15.6. The van der Waals surface area contributed by atoms with Crippen molar-refractivity contribution in [2.24, 2.45) is 0 Å². The van der Waals surface area contributed by atoms with Gasteiger partial charge >= 0.3 is 5.97 Å². The molecule has 0 aromatic carbocycles. The molecule has 0 bridgehead atoms. The lowest BCUT2D eigenvalue weighted by Gasteiger charge is -1.87. The minimum atomic E-state index is -0.931. The molecule has 0 aliphatic carbocycles. The lowest BCUT2D eigenvalue weighted by atomic mass is 10.3. The highest BCUT2D eigenvalue weighted by Crippen LogP contribution is 2.25. The van der Waals surface area contributed by atoms with Gasteiger partial charge in [0.15, 0.2) is 0 Å². The van der Waals surface area contributed by atoms with Crippen molar-refractivity contribution in [2.45, 2.75) is 0 Å². The Hall–Kier alpha value is -1.13. The largest absolute Gasteiger partial charge is 0.477 e. The lowest BCUT2D eigenvalue weighted by Crippen LogP contribution is -1.89. The number of carbonyl (C=O) groups is 1. The van der Waals surface area contributed by atoms with Crippen molar-refractivity contribution in [3.8, 4) is 0 Å². The van der Waals surface area contributed by atoms with Gasteiger partial charge in [0.25, 0.3) is 0 Å². The topological polar surface area (TPSA) is 50.2 Å². The van der Waals surface area contributed by atoms with Crippen LogP contribution in [-0.4, -0.2) is 16.1 Å². The van der Waals surface area contributed by atoms with Crippen LogP contribution < -0.4 is 0 Å². The van der Waals surface area contributed by atoms with Crippen molar-refractivity contribution < 1.29 is 9.90 Å². The van der Waals surface area contributed by atoms with E-state index in [9.17, 15) is 4.79 Å². The Labute approximate surface area is 82.6 Å². The van der Waals surface area contributed by atoms with Gasteiger partial charge < -0.3 is 5.11 Å². The highest BCUT2D eigenvalue weighted by Gasteiger charge is 2.08. The number of fused-ring (bicyclic) bond motifs is 1. The van der Waals surface area contributed by atoms with E-state index in [0.717, 1.165) is 16.7 Å². The zero-order valence-electron chi connectivity index (χ0n) is 6.32. The Morgan fingerprint density at radius 3 is 3.00 bits per heavy atom. The summed E-state index contributed by atoms with van der Waals surface area (Å²) in [5, 5.41) is 9.99. The fourth-order valence-corrected chi connectivity index (χ4v) is 2.00. The Morgan fingerprint density at radius 1 is 1.54 bits per heavy atom. The third-order valence-electron chi connectivity index (χ3n) is 1.55. The van der Waals surface area contributed by atoms with E-state index in [1.165, 1.54) is 6.20 Å². The molecule has 5 heteroatoms. The summed E-state index contributed by atoms with van der Waals surface area (Å²) in [7, 11) is 0. The SMILES string of the molecule is O=C(O)c1cc2cc(Cl)cnc2s1. The monoisotopic (exact) mass is 213 g/mol. The first-order valence-electron chi connectivity index (χ1n) is 3.45. The van der Waals surface area contributed by atoms with Gasteiger partial charge in [-0.15, -0.1) is 11.3 Å². The number of halogens is 1. The molecular formula is C8H4ClNO2S. The molecule has 0 unspecified atom stereocenters. The molecule has 0 atom stereocenters. The quantitative estimate of drug-likeness (QED) is 0.792. The Balaban J connectivity index is 2.68. The molecule has 0 saturated heterocycles. The first kappa shape index (κ1) is 8.47. The van der Waals surface area contributed by atoms with Gasteiger partial charge in [-0.1, -0.05) is 11.6 Å². The molecule has 0 amide bonds. The third-order valence-corrected chi connectivity index (χ3v) is 2.80. The minimum absolute atomic E-state index is 0.282. The van der Waals surface area contributed by atoms with E-state index < -0.39 is 5.97 Å². The second kappa shape index (κ2) is 2.97. The van der Waals surface area contributed by atoms with E-state index in [1.54, 1.807) is 12.1 Å². The molecule has 0 saturated carbocycles. The fraction of sp³-hybridized carbons (Fsp3) is 0. The molecule has 0 aliphatic rings. The van der Waals surface area contributed by atoms with Crippen LogP contribution in [0.2, 0.25) is 5.02 Å². The Bertz CT molecular complexity index is 480. The van der Waals surface area contributed by atoms with Crippen molar-refractivity contribution in [1.29, 1.82) is 0 Å². The van der Waals surface area contributed by atoms with Crippen LogP contribution in [0.25, 0.3) is 10.2 Å². The number of hydrogen-bond donors (Lipinski definition) is 1. The van der Waals surface area contributed by atoms with Crippen molar-refractivity contribution in [2.75, 3.05) is 0 Å². The Morgan fingerprint density at radius 2 is 2.31 bits per heavy atom. The zero-order valence-corrected chi connectivity index (χ0v) is 7.89. The number of thiophene rings is 1. The highest BCUT2D eigenvalue weighted by molar-refractivity contribution is 7.20. The molecule has 2 rings (SSSR count). The van der Waals surface area contributed by atoms with E-state index in [1.807, 2.05) is 0 Å². The maximum absolute atomic E-state index is 10.6. The second-order valence-corrected chi connectivity index (χ2v) is 3.93. The summed E-state index contributed by atoms with van der Waals surface area (Å²) < 4.78 is 0. The number of rotatable bonds is 1. The molecule has 13 heavy (non-hydrogen) atoms. The van der Waals surface area contributed by atoms with Crippen molar-refractivity contribution >= 4 is 39.1 Å². The fourth-order valence-electron chi connectivity index (χ4n) is 1.01. The van der Waals surface area contributed by atoms with E-state index >= 15 is 0 Å². The van der Waals surface area contributed by atoms with Gasteiger partial charge in [0.05, 0.1) is 5.02 Å². The van der Waals surface area contributed by atoms with E-state index in [4.69, 9.17) is 16.7 Å². The molecule has 2 heterocycles. The Kier molecular flexibility index (Phi) is 1.94. The van der Waals surface area contributed by atoms with E-state index in [2.05, 4.69) is 4.98 Å². The van der Waals surface area contributed by atoms with Gasteiger partial charge in [-0.05, 0) is 12.1 Å². The summed E-state index contributed by atoms with van der Waals surface area (Å²) in [5.41, 5.74) is 0. The standard InChI is InChI=1S/C8H4ClNO2S/c9-5-1-4-2-6(8(11)12)13-7(4)10-3-5/h1-3H,(H,11,12). The smallest absolute Gasteiger partial charge is 0.345 e. The molecule has 2 aromatic rings. The van der Waals surface area contributed by atoms with Gasteiger partial charge in [-0.2, -0.15) is 0 Å². The second-order valence-electron chi connectivity index (χ2n) is 2.46. The number of nitrogens with zero attached hydrogens (tertiary/aromatic N) is 1. The van der Waals surface area contributed by atoms with E-state index in [0.29, 0.717) is 9.85 Å². The molecule has 3 nitrogen and oxygen atoms in total. The summed E-state index contributed by atoms with van der Waals surface area (Å²) in [6.45, 7) is 0. The molecular weight excluding hydrogens is 210 g/mol. The minimum Gasteiger partial charge on any atom is -0.477 e. The van der Waals surface area contributed by atoms with Gasteiger partial charge in [0.1, 0.15) is 9.71 Å². The van der Waals surface area contributed by atoms with Crippen LogP contribution in [0.15, 0.2) is 18.3 Å². The number of aromatic carboxylic acids is 1. The van der Waals surface area contributed by atoms with Crippen molar-refractivity contribution in [1.82, 2.24) is 4.98 Å². The number of hydrogen-bond acceptors (Lipinski definition) is 3. The van der Waals surface area contributed by atoms with Crippen LogP contribution >= 0.6 is 22.9 Å². The highest BCUT2D eigenvalue weighted by atomic mass is 35.5. The van der Waals surface area contributed by atoms with Crippen LogP contribution in [-0.2, 0) is 0 Å². The number of aromatic nitrogens is 1. The number of pyridine rings is 1. The van der Waals surface area contributed by atoms with Crippen LogP contribution in [0.1, 0.15) is 9.67 Å². The predicted molar refractivity (Wildman–Crippen MR) is 51.6 cm³/mol. The van der Waals surface area contributed by atoms with Gasteiger partial charge in [0.2, 0.25) is 0 Å². The van der Waals surface area contributed by atoms with Gasteiger partial charge in [0, 0.05) is 11.6 Å². The van der Waals surface area contributed by atoms with Crippen LogP contribution in [0.4, 0.5) is 0 Å². The average Bonchev–Trinajstić information content (AvgIpc) is 2.46. The average molecular weight is 214 g/mol. The first-order valence-corrected chi connectivity index (χ1v) is 4.64. The summed E-state index contributed by atoms with van der Waals surface area (Å²) in [5.74, 6) is -0.931. The number of carboxylic acids is 1. The molecule has 0 radical (unpaired) electrons. The van der Waals surface area contributed by atoms with Crippen molar-refractivity contribution in [3.63, 3.8) is 0 Å². The number of carboxylic acid groups (broad SMARTS) is 1. The molecule has 66 valence electrons. The molecule has 0 spiro atoms. The summed E-state index contributed by atoms with van der Waals surface area (Å²) >= 11 is 6.85. The maximum atomic E-state index is 10.6. The normalized spacial score (nSPS) is 10.5. The third kappa shape index (κ3) is 1.50. The molecule has 0 aliphatic heterocycles.